The maximum Gasteiger partial charge on any atom is 0.290 e. The number of ether oxygens (including phenoxy) is 1. The van der Waals surface area contributed by atoms with Crippen molar-refractivity contribution in [3.05, 3.63) is 87.7 Å². The monoisotopic (exact) mass is 451 g/mol. The fourth-order valence-corrected chi connectivity index (χ4v) is 4.37. The van der Waals surface area contributed by atoms with Gasteiger partial charge in [-0.15, -0.1) is 11.3 Å². The summed E-state index contributed by atoms with van der Waals surface area (Å²) in [5.41, 5.74) is 0.763. The van der Waals surface area contributed by atoms with Crippen LogP contribution in [-0.4, -0.2) is 28.3 Å². The summed E-state index contributed by atoms with van der Waals surface area (Å²) < 4.78 is 11.3. The van der Waals surface area contributed by atoms with Gasteiger partial charge in [0.15, 0.2) is 5.76 Å². The number of furan rings is 1. The van der Waals surface area contributed by atoms with Gasteiger partial charge in [0.25, 0.3) is 5.91 Å². The third-order valence-corrected chi connectivity index (χ3v) is 6.21. The molecule has 1 aliphatic heterocycles. The molecule has 0 bridgehead atoms. The van der Waals surface area contributed by atoms with Crippen LogP contribution in [0.15, 0.2) is 75.9 Å². The zero-order valence-corrected chi connectivity index (χ0v) is 18.8. The number of carbonyl (C=O) groups is 2. The number of hydrogen-bond acceptors (Lipinski definition) is 6. The highest BCUT2D eigenvalue weighted by atomic mass is 32.1. The molecule has 1 unspecified atom stereocenters. The van der Waals surface area contributed by atoms with Crippen LogP contribution in [0.4, 0.5) is 0 Å². The van der Waals surface area contributed by atoms with Crippen LogP contribution in [0.5, 0.6) is 5.75 Å². The molecular formula is C25H25NO5S. The zero-order chi connectivity index (χ0) is 22.7. The Morgan fingerprint density at radius 2 is 2.06 bits per heavy atom. The molecule has 0 saturated heterocycles. The maximum absolute atomic E-state index is 13.3. The van der Waals surface area contributed by atoms with E-state index in [1.807, 2.05) is 24.3 Å². The highest BCUT2D eigenvalue weighted by Gasteiger charge is 2.44. The molecule has 32 heavy (non-hydrogen) atoms. The first-order valence-electron chi connectivity index (χ1n) is 10.5. The summed E-state index contributed by atoms with van der Waals surface area (Å²) in [6.07, 6.45) is 2.44. The molecule has 7 heteroatoms. The van der Waals surface area contributed by atoms with Gasteiger partial charge in [-0.05, 0) is 53.6 Å². The molecule has 1 atom stereocenters. The van der Waals surface area contributed by atoms with Crippen molar-refractivity contribution in [1.29, 1.82) is 0 Å². The van der Waals surface area contributed by atoms with Crippen LogP contribution >= 0.6 is 11.3 Å². The van der Waals surface area contributed by atoms with E-state index in [1.165, 1.54) is 22.5 Å². The molecule has 0 radical (unpaired) electrons. The zero-order valence-electron chi connectivity index (χ0n) is 18.0. The number of hydrogen-bond donors (Lipinski definition) is 1. The van der Waals surface area contributed by atoms with E-state index >= 15 is 0 Å². The first kappa shape index (κ1) is 21.9. The van der Waals surface area contributed by atoms with Crippen LogP contribution in [0.1, 0.15) is 47.3 Å². The number of benzene rings is 1. The number of rotatable bonds is 9. The van der Waals surface area contributed by atoms with E-state index in [0.717, 1.165) is 6.42 Å². The third-order valence-electron chi connectivity index (χ3n) is 5.34. The number of aliphatic hydroxyl groups is 1. The standard InChI is InChI=1S/C25H25NO5S/c1-16(2)10-12-31-18-7-3-6-17(14-18)22-21(23(27)20-9-5-13-32-20)24(28)25(29)26(22)15-19-8-4-11-30-19/h3-9,11,13-14,16,22,28H,10,12,15H2,1-2H3. The molecule has 1 amide bonds. The molecule has 6 nitrogen and oxygen atoms in total. The average molecular weight is 452 g/mol. The van der Waals surface area contributed by atoms with Crippen molar-refractivity contribution in [2.75, 3.05) is 6.61 Å². The number of Topliss-reactive ketones (excluding diaryl/α,β-unsaturated/α-hetero) is 1. The summed E-state index contributed by atoms with van der Waals surface area (Å²) in [6.45, 7) is 4.96. The quantitative estimate of drug-likeness (QED) is 0.432. The average Bonchev–Trinajstić information content (AvgIpc) is 3.52. The number of carbonyl (C=O) groups excluding carboxylic acids is 2. The lowest BCUT2D eigenvalue weighted by molar-refractivity contribution is -0.130. The van der Waals surface area contributed by atoms with Crippen molar-refractivity contribution in [2.45, 2.75) is 32.9 Å². The lowest BCUT2D eigenvalue weighted by atomic mass is 9.95. The van der Waals surface area contributed by atoms with Crippen LogP contribution in [0.2, 0.25) is 0 Å². The fourth-order valence-electron chi connectivity index (χ4n) is 3.69. The molecule has 0 spiro atoms. The van der Waals surface area contributed by atoms with E-state index in [-0.39, 0.29) is 17.9 Å². The molecule has 0 saturated carbocycles. The van der Waals surface area contributed by atoms with Crippen LogP contribution < -0.4 is 4.74 Å². The third kappa shape index (κ3) is 4.48. The Morgan fingerprint density at radius 3 is 2.75 bits per heavy atom. The van der Waals surface area contributed by atoms with E-state index in [1.54, 1.807) is 29.6 Å². The van der Waals surface area contributed by atoms with Crippen molar-refractivity contribution in [2.24, 2.45) is 5.92 Å². The lowest BCUT2D eigenvalue weighted by Gasteiger charge is -2.26. The van der Waals surface area contributed by atoms with Gasteiger partial charge < -0.3 is 19.2 Å². The molecule has 0 aliphatic carbocycles. The molecule has 1 N–H and O–H groups in total. The van der Waals surface area contributed by atoms with E-state index in [9.17, 15) is 14.7 Å². The molecule has 2 aromatic heterocycles. The summed E-state index contributed by atoms with van der Waals surface area (Å²) in [4.78, 5) is 28.2. The van der Waals surface area contributed by atoms with E-state index in [0.29, 0.717) is 34.5 Å². The van der Waals surface area contributed by atoms with Gasteiger partial charge in [-0.2, -0.15) is 0 Å². The number of thiophene rings is 1. The first-order chi connectivity index (χ1) is 15.5. The molecule has 1 aliphatic rings. The Hall–Kier alpha value is -3.32. The van der Waals surface area contributed by atoms with Gasteiger partial charge in [0.05, 0.1) is 35.9 Å². The fraction of sp³-hybridized carbons (Fsp3) is 0.280. The Kier molecular flexibility index (Phi) is 6.46. The van der Waals surface area contributed by atoms with Gasteiger partial charge in [0.2, 0.25) is 5.78 Å². The Bertz CT molecular complexity index is 1120. The Labute approximate surface area is 190 Å². The van der Waals surface area contributed by atoms with Gasteiger partial charge in [0, 0.05) is 0 Å². The summed E-state index contributed by atoms with van der Waals surface area (Å²) in [7, 11) is 0. The van der Waals surface area contributed by atoms with E-state index < -0.39 is 17.7 Å². The number of aliphatic hydroxyl groups excluding tert-OH is 1. The predicted molar refractivity (Wildman–Crippen MR) is 122 cm³/mol. The van der Waals surface area contributed by atoms with E-state index in [4.69, 9.17) is 9.15 Å². The van der Waals surface area contributed by atoms with Crippen molar-refractivity contribution in [1.82, 2.24) is 4.90 Å². The summed E-state index contributed by atoms with van der Waals surface area (Å²) in [5, 5.41) is 12.5. The minimum atomic E-state index is -0.754. The van der Waals surface area contributed by atoms with Gasteiger partial charge in [-0.1, -0.05) is 32.0 Å². The second kappa shape index (κ2) is 9.44. The van der Waals surface area contributed by atoms with Crippen LogP contribution in [-0.2, 0) is 11.3 Å². The first-order valence-corrected chi connectivity index (χ1v) is 11.4. The van der Waals surface area contributed by atoms with Gasteiger partial charge in [0.1, 0.15) is 11.5 Å². The van der Waals surface area contributed by atoms with Crippen molar-refractivity contribution >= 4 is 23.0 Å². The number of ketones is 1. The topological polar surface area (TPSA) is 80.0 Å². The molecule has 166 valence electrons. The van der Waals surface area contributed by atoms with Crippen molar-refractivity contribution < 1.29 is 23.8 Å². The largest absolute Gasteiger partial charge is 0.503 e. The van der Waals surface area contributed by atoms with Gasteiger partial charge >= 0.3 is 0 Å². The molecule has 3 heterocycles. The highest BCUT2D eigenvalue weighted by molar-refractivity contribution is 7.12. The van der Waals surface area contributed by atoms with E-state index in [2.05, 4.69) is 13.8 Å². The highest BCUT2D eigenvalue weighted by Crippen LogP contribution is 2.41. The normalized spacial score (nSPS) is 16.3. The van der Waals surface area contributed by atoms with Crippen LogP contribution in [0.3, 0.4) is 0 Å². The summed E-state index contributed by atoms with van der Waals surface area (Å²) in [5.74, 6) is 0.255. The summed E-state index contributed by atoms with van der Waals surface area (Å²) in [6, 6.07) is 13.5. The Morgan fingerprint density at radius 1 is 1.22 bits per heavy atom. The van der Waals surface area contributed by atoms with Gasteiger partial charge in [-0.25, -0.2) is 0 Å². The second-order valence-corrected chi connectivity index (χ2v) is 9.03. The number of amides is 1. The van der Waals surface area contributed by atoms with Crippen LogP contribution in [0.25, 0.3) is 0 Å². The number of nitrogens with zero attached hydrogens (tertiary/aromatic N) is 1. The van der Waals surface area contributed by atoms with Crippen molar-refractivity contribution in [3.63, 3.8) is 0 Å². The SMILES string of the molecule is CC(C)CCOc1cccc(C2C(C(=O)c3cccs3)=C(O)C(=O)N2Cc2ccco2)c1. The maximum atomic E-state index is 13.3. The predicted octanol–water partition coefficient (Wildman–Crippen LogP) is 5.54. The molecule has 0 fully saturated rings. The summed E-state index contributed by atoms with van der Waals surface area (Å²) >= 11 is 1.27. The van der Waals surface area contributed by atoms with Crippen molar-refractivity contribution in [3.8, 4) is 5.75 Å². The minimum absolute atomic E-state index is 0.0725. The van der Waals surface area contributed by atoms with Gasteiger partial charge in [-0.3, -0.25) is 9.59 Å². The molecule has 3 aromatic rings. The molecule has 4 rings (SSSR count). The Balaban J connectivity index is 1.71. The minimum Gasteiger partial charge on any atom is -0.503 e. The molecular weight excluding hydrogens is 426 g/mol. The lowest BCUT2D eigenvalue weighted by Crippen LogP contribution is -2.30. The molecule has 1 aromatic carbocycles. The smallest absolute Gasteiger partial charge is 0.290 e. The van der Waals surface area contributed by atoms with Crippen LogP contribution in [0, 0.1) is 5.92 Å². The second-order valence-electron chi connectivity index (χ2n) is 8.09.